The summed E-state index contributed by atoms with van der Waals surface area (Å²) in [5, 5.41) is 3.59. The van der Waals surface area contributed by atoms with Gasteiger partial charge in [-0.15, -0.1) is 0 Å². The Bertz CT molecular complexity index is 709. The number of nitrogens with one attached hydrogen (secondary N) is 2. The third kappa shape index (κ3) is 3.61. The number of thioether (sulfide) groups is 1. The molecule has 0 aliphatic rings. The monoisotopic (exact) mass is 298 g/mol. The van der Waals surface area contributed by atoms with E-state index in [1.165, 1.54) is 11.8 Å². The molecule has 0 aliphatic heterocycles. The van der Waals surface area contributed by atoms with Gasteiger partial charge in [-0.05, 0) is 24.3 Å². The van der Waals surface area contributed by atoms with Crippen molar-refractivity contribution in [1.82, 2.24) is 20.3 Å². The normalized spacial score (nSPS) is 10.7. The summed E-state index contributed by atoms with van der Waals surface area (Å²) in [6.07, 6.45) is 1.71. The molecule has 2 heterocycles. The zero-order valence-corrected chi connectivity index (χ0v) is 12.1. The van der Waals surface area contributed by atoms with Crippen LogP contribution in [0, 0.1) is 0 Å². The number of hydrogen-bond acceptors (Lipinski definition) is 4. The largest absolute Gasteiger partial charge is 0.350 e. The molecule has 106 valence electrons. The second-order valence-corrected chi connectivity index (χ2v) is 5.41. The van der Waals surface area contributed by atoms with E-state index in [-0.39, 0.29) is 5.91 Å². The molecule has 0 unspecified atom stereocenters. The predicted molar refractivity (Wildman–Crippen MR) is 82.9 cm³/mol. The van der Waals surface area contributed by atoms with E-state index >= 15 is 0 Å². The Hall–Kier alpha value is -2.34. The number of hydrogen-bond donors (Lipinski definition) is 2. The molecule has 1 aromatic carbocycles. The van der Waals surface area contributed by atoms with Crippen molar-refractivity contribution in [2.45, 2.75) is 11.7 Å². The fourth-order valence-electron chi connectivity index (χ4n) is 1.87. The Morgan fingerprint density at radius 3 is 2.86 bits per heavy atom. The molecule has 0 saturated heterocycles. The Balaban J connectivity index is 1.51. The number of amides is 1. The maximum Gasteiger partial charge on any atom is 0.230 e. The number of nitrogens with zero attached hydrogens (tertiary/aromatic N) is 2. The van der Waals surface area contributed by atoms with Crippen molar-refractivity contribution in [3.63, 3.8) is 0 Å². The van der Waals surface area contributed by atoms with Gasteiger partial charge >= 0.3 is 0 Å². The topological polar surface area (TPSA) is 70.7 Å². The molecule has 0 bridgehead atoms. The molecule has 5 nitrogen and oxygen atoms in total. The van der Waals surface area contributed by atoms with Crippen LogP contribution in [0.3, 0.4) is 0 Å². The first-order valence-electron chi connectivity index (χ1n) is 6.55. The summed E-state index contributed by atoms with van der Waals surface area (Å²) in [6, 6.07) is 13.4. The number of fused-ring (bicyclic) bond motifs is 1. The number of rotatable bonds is 5. The fraction of sp³-hybridized carbons (Fsp3) is 0.133. The van der Waals surface area contributed by atoms with Crippen molar-refractivity contribution < 1.29 is 4.79 Å². The van der Waals surface area contributed by atoms with E-state index < -0.39 is 0 Å². The fourth-order valence-corrected chi connectivity index (χ4v) is 2.59. The van der Waals surface area contributed by atoms with Gasteiger partial charge in [0, 0.05) is 6.20 Å². The summed E-state index contributed by atoms with van der Waals surface area (Å²) in [5.74, 6) is 0.290. The summed E-state index contributed by atoms with van der Waals surface area (Å²) in [7, 11) is 0. The van der Waals surface area contributed by atoms with Crippen molar-refractivity contribution in [2.75, 3.05) is 5.75 Å². The van der Waals surface area contributed by atoms with E-state index in [2.05, 4.69) is 20.3 Å². The lowest BCUT2D eigenvalue weighted by molar-refractivity contribution is -0.118. The first-order chi connectivity index (χ1) is 10.3. The van der Waals surface area contributed by atoms with Crippen molar-refractivity contribution in [2.24, 2.45) is 0 Å². The minimum Gasteiger partial charge on any atom is -0.350 e. The lowest BCUT2D eigenvalue weighted by Crippen LogP contribution is -2.25. The maximum atomic E-state index is 11.8. The summed E-state index contributed by atoms with van der Waals surface area (Å²) in [4.78, 5) is 23.6. The lowest BCUT2D eigenvalue weighted by atomic mass is 10.3. The maximum absolute atomic E-state index is 11.8. The molecule has 2 N–H and O–H groups in total. The molecule has 3 rings (SSSR count). The molecule has 0 spiro atoms. The highest BCUT2D eigenvalue weighted by Gasteiger charge is 2.06. The molecular weight excluding hydrogens is 284 g/mol. The van der Waals surface area contributed by atoms with Crippen LogP contribution in [0.15, 0.2) is 53.8 Å². The van der Waals surface area contributed by atoms with Crippen molar-refractivity contribution >= 4 is 28.7 Å². The first kappa shape index (κ1) is 13.6. The highest BCUT2D eigenvalue weighted by Crippen LogP contribution is 2.18. The summed E-state index contributed by atoms with van der Waals surface area (Å²) < 4.78 is 0. The summed E-state index contributed by atoms with van der Waals surface area (Å²) in [5.41, 5.74) is 2.74. The smallest absolute Gasteiger partial charge is 0.230 e. The molecule has 2 aromatic heterocycles. The quantitative estimate of drug-likeness (QED) is 0.709. The Morgan fingerprint density at radius 1 is 1.19 bits per heavy atom. The lowest BCUT2D eigenvalue weighted by Gasteiger charge is -2.03. The zero-order chi connectivity index (χ0) is 14.5. The van der Waals surface area contributed by atoms with E-state index in [1.807, 2.05) is 42.5 Å². The highest BCUT2D eigenvalue weighted by molar-refractivity contribution is 7.99. The second-order valence-electron chi connectivity index (χ2n) is 4.45. The summed E-state index contributed by atoms with van der Waals surface area (Å²) >= 11 is 1.39. The highest BCUT2D eigenvalue weighted by atomic mass is 32.2. The van der Waals surface area contributed by atoms with Gasteiger partial charge in [-0.1, -0.05) is 30.0 Å². The van der Waals surface area contributed by atoms with Crippen molar-refractivity contribution in [3.8, 4) is 0 Å². The van der Waals surface area contributed by atoms with E-state index in [0.717, 1.165) is 21.9 Å². The molecule has 1 amide bonds. The number of H-pyrrole nitrogens is 1. The molecule has 3 aromatic rings. The van der Waals surface area contributed by atoms with Crippen molar-refractivity contribution in [3.05, 3.63) is 54.4 Å². The number of imidazole rings is 1. The van der Waals surface area contributed by atoms with Gasteiger partial charge in [0.2, 0.25) is 5.91 Å². The van der Waals surface area contributed by atoms with Gasteiger partial charge in [0.25, 0.3) is 0 Å². The average molecular weight is 298 g/mol. The van der Waals surface area contributed by atoms with Gasteiger partial charge in [0.1, 0.15) is 0 Å². The molecule has 0 radical (unpaired) electrons. The number of pyridine rings is 1. The van der Waals surface area contributed by atoms with Crippen molar-refractivity contribution in [1.29, 1.82) is 0 Å². The molecule has 0 saturated carbocycles. The Morgan fingerprint density at radius 2 is 2.05 bits per heavy atom. The number of carbonyl (C=O) groups excluding carboxylic acids is 1. The van der Waals surface area contributed by atoms with Gasteiger partial charge < -0.3 is 10.3 Å². The van der Waals surface area contributed by atoms with Crippen LogP contribution in [0.1, 0.15) is 5.69 Å². The van der Waals surface area contributed by atoms with E-state index in [1.54, 1.807) is 6.20 Å². The van der Waals surface area contributed by atoms with Crippen LogP contribution in [-0.4, -0.2) is 26.6 Å². The third-order valence-electron chi connectivity index (χ3n) is 2.90. The van der Waals surface area contributed by atoms with Crippen LogP contribution in [0.5, 0.6) is 0 Å². The van der Waals surface area contributed by atoms with Gasteiger partial charge in [-0.3, -0.25) is 9.78 Å². The number of aromatic amines is 1. The van der Waals surface area contributed by atoms with Gasteiger partial charge in [0.15, 0.2) is 5.16 Å². The molecule has 0 fully saturated rings. The molecule has 6 heteroatoms. The van der Waals surface area contributed by atoms with Gasteiger partial charge in [-0.25, -0.2) is 4.98 Å². The Kier molecular flexibility index (Phi) is 4.16. The van der Waals surface area contributed by atoms with Crippen LogP contribution >= 0.6 is 11.8 Å². The molecule has 21 heavy (non-hydrogen) atoms. The first-order valence-corrected chi connectivity index (χ1v) is 7.54. The van der Waals surface area contributed by atoms with Crippen LogP contribution in [0.2, 0.25) is 0 Å². The zero-order valence-electron chi connectivity index (χ0n) is 11.2. The van der Waals surface area contributed by atoms with Gasteiger partial charge in [0.05, 0.1) is 29.0 Å². The average Bonchev–Trinajstić information content (AvgIpc) is 2.95. The minimum atomic E-state index is -0.0360. The number of benzene rings is 1. The molecule has 0 atom stereocenters. The molecule has 0 aliphatic carbocycles. The van der Waals surface area contributed by atoms with E-state index in [4.69, 9.17) is 0 Å². The van der Waals surface area contributed by atoms with Crippen LogP contribution in [-0.2, 0) is 11.3 Å². The Labute approximate surface area is 126 Å². The van der Waals surface area contributed by atoms with Crippen LogP contribution < -0.4 is 5.32 Å². The van der Waals surface area contributed by atoms with Gasteiger partial charge in [-0.2, -0.15) is 0 Å². The van der Waals surface area contributed by atoms with E-state index in [0.29, 0.717) is 12.3 Å². The SMILES string of the molecule is O=C(CSc1nc2ccccc2[nH]1)NCc1ccccn1. The molecular formula is C15H14N4OS. The van der Waals surface area contributed by atoms with Crippen LogP contribution in [0.4, 0.5) is 0 Å². The predicted octanol–water partition coefficient (Wildman–Crippen LogP) is 2.37. The standard InChI is InChI=1S/C15H14N4OS/c20-14(17-9-11-5-3-4-8-16-11)10-21-15-18-12-6-1-2-7-13(12)19-15/h1-8H,9-10H2,(H,17,20)(H,18,19). The minimum absolute atomic E-state index is 0.0360. The number of carbonyl (C=O) groups is 1. The third-order valence-corrected chi connectivity index (χ3v) is 3.77. The van der Waals surface area contributed by atoms with E-state index in [9.17, 15) is 4.79 Å². The summed E-state index contributed by atoms with van der Waals surface area (Å²) in [6.45, 7) is 0.445. The second kappa shape index (κ2) is 6.41. The van der Waals surface area contributed by atoms with Crippen LogP contribution in [0.25, 0.3) is 11.0 Å². The number of aromatic nitrogens is 3. The number of para-hydroxylation sites is 2.